The fraction of sp³-hybridized carbons (Fsp3) is 0.167. The molecule has 3 aromatic rings. The summed E-state index contributed by atoms with van der Waals surface area (Å²) in [4.78, 5) is 12.6. The van der Waals surface area contributed by atoms with Crippen molar-refractivity contribution in [3.8, 4) is 11.8 Å². The van der Waals surface area contributed by atoms with Gasteiger partial charge in [0.25, 0.3) is 5.91 Å². The Balaban J connectivity index is 1.64. The second kappa shape index (κ2) is 10.1. The molecule has 1 atom stereocenters. The third-order valence-corrected chi connectivity index (χ3v) is 6.58. The van der Waals surface area contributed by atoms with Crippen LogP contribution in [0.5, 0.6) is 5.75 Å². The molecule has 0 aliphatic rings. The van der Waals surface area contributed by atoms with Crippen LogP contribution >= 0.6 is 0 Å². The van der Waals surface area contributed by atoms with Gasteiger partial charge >= 0.3 is 0 Å². The summed E-state index contributed by atoms with van der Waals surface area (Å²) in [6.45, 7) is 1.82. The largest absolute Gasteiger partial charge is 0.480 e. The normalized spacial score (nSPS) is 12.1. The highest BCUT2D eigenvalue weighted by atomic mass is 32.2. The van der Waals surface area contributed by atoms with E-state index in [0.717, 1.165) is 5.56 Å². The van der Waals surface area contributed by atoms with Crippen molar-refractivity contribution < 1.29 is 17.9 Å². The van der Waals surface area contributed by atoms with Crippen molar-refractivity contribution >= 4 is 21.6 Å². The van der Waals surface area contributed by atoms with E-state index in [9.17, 15) is 13.2 Å². The highest BCUT2D eigenvalue weighted by molar-refractivity contribution is 7.89. The van der Waals surface area contributed by atoms with Crippen LogP contribution in [0.15, 0.2) is 83.8 Å². The minimum atomic E-state index is -3.68. The van der Waals surface area contributed by atoms with Gasteiger partial charge in [-0.25, -0.2) is 8.42 Å². The Hall–Kier alpha value is -3.67. The van der Waals surface area contributed by atoms with Crippen molar-refractivity contribution in [3.05, 3.63) is 90.0 Å². The van der Waals surface area contributed by atoms with E-state index in [1.165, 1.54) is 35.6 Å². The van der Waals surface area contributed by atoms with E-state index in [0.29, 0.717) is 17.0 Å². The Labute approximate surface area is 187 Å². The Bertz CT molecular complexity index is 1220. The molecule has 0 aliphatic heterocycles. The Morgan fingerprint density at radius 1 is 1.03 bits per heavy atom. The lowest BCUT2D eigenvalue weighted by Crippen LogP contribution is -2.30. The fourth-order valence-electron chi connectivity index (χ4n) is 2.97. The van der Waals surface area contributed by atoms with Crippen LogP contribution in [0.3, 0.4) is 0 Å². The highest BCUT2D eigenvalue weighted by Gasteiger charge is 2.21. The van der Waals surface area contributed by atoms with E-state index < -0.39 is 22.0 Å². The molecular formula is C24H23N3O4S. The van der Waals surface area contributed by atoms with Crippen LogP contribution in [0.25, 0.3) is 0 Å². The van der Waals surface area contributed by atoms with E-state index in [-0.39, 0.29) is 11.4 Å². The number of para-hydroxylation sites is 1. The Morgan fingerprint density at radius 3 is 2.31 bits per heavy atom. The predicted octanol–water partition coefficient (Wildman–Crippen LogP) is 3.78. The number of ether oxygens (including phenoxy) is 1. The van der Waals surface area contributed by atoms with Crippen LogP contribution < -0.4 is 10.1 Å². The standard InChI is InChI=1S/C24H23N3O4S/c1-18(31-23-11-7-6-10-20(23)16-25)24(28)26-21-12-14-22(15-13-21)32(29,30)27(2)17-19-8-4-3-5-9-19/h3-15,18H,17H2,1-2H3,(H,26,28). The number of anilines is 1. The van der Waals surface area contributed by atoms with Gasteiger partial charge in [0.2, 0.25) is 10.0 Å². The van der Waals surface area contributed by atoms with Gasteiger partial charge in [-0.15, -0.1) is 0 Å². The van der Waals surface area contributed by atoms with E-state index in [2.05, 4.69) is 5.32 Å². The maximum atomic E-state index is 12.8. The van der Waals surface area contributed by atoms with Gasteiger partial charge in [-0.2, -0.15) is 9.57 Å². The molecular weight excluding hydrogens is 426 g/mol. The van der Waals surface area contributed by atoms with Crippen LogP contribution in [0.1, 0.15) is 18.1 Å². The van der Waals surface area contributed by atoms with Gasteiger partial charge in [-0.05, 0) is 48.9 Å². The Morgan fingerprint density at radius 2 is 1.66 bits per heavy atom. The number of rotatable bonds is 8. The number of carbonyl (C=O) groups excluding carboxylic acids is 1. The third kappa shape index (κ3) is 5.52. The van der Waals surface area contributed by atoms with E-state index in [1.807, 2.05) is 36.4 Å². The molecule has 0 saturated heterocycles. The monoisotopic (exact) mass is 449 g/mol. The molecule has 32 heavy (non-hydrogen) atoms. The van der Waals surface area contributed by atoms with Gasteiger partial charge in [0.1, 0.15) is 11.8 Å². The molecule has 3 rings (SSSR count). The first-order chi connectivity index (χ1) is 15.3. The van der Waals surface area contributed by atoms with Crippen molar-refractivity contribution in [2.24, 2.45) is 0 Å². The second-order valence-electron chi connectivity index (χ2n) is 7.13. The molecule has 0 aromatic heterocycles. The molecule has 0 spiro atoms. The number of nitrogens with one attached hydrogen (secondary N) is 1. The molecule has 3 aromatic carbocycles. The Kier molecular flexibility index (Phi) is 7.25. The molecule has 0 fully saturated rings. The minimum Gasteiger partial charge on any atom is -0.480 e. The number of hydrogen-bond acceptors (Lipinski definition) is 5. The summed E-state index contributed by atoms with van der Waals surface area (Å²) in [5, 5.41) is 11.8. The van der Waals surface area contributed by atoms with Crippen molar-refractivity contribution in [1.82, 2.24) is 4.31 Å². The molecule has 0 radical (unpaired) electrons. The summed E-state index contributed by atoms with van der Waals surface area (Å²) in [6.07, 6.45) is -0.857. The van der Waals surface area contributed by atoms with E-state index >= 15 is 0 Å². The summed E-state index contributed by atoms with van der Waals surface area (Å²) in [6, 6.07) is 23.9. The number of carbonyl (C=O) groups is 1. The minimum absolute atomic E-state index is 0.126. The molecule has 7 nitrogen and oxygen atoms in total. The van der Waals surface area contributed by atoms with Crippen molar-refractivity contribution in [2.45, 2.75) is 24.5 Å². The summed E-state index contributed by atoms with van der Waals surface area (Å²) in [7, 11) is -2.16. The lowest BCUT2D eigenvalue weighted by molar-refractivity contribution is -0.122. The molecule has 164 valence electrons. The zero-order valence-corrected chi connectivity index (χ0v) is 18.5. The van der Waals surface area contributed by atoms with Crippen LogP contribution in [0, 0.1) is 11.3 Å². The summed E-state index contributed by atoms with van der Waals surface area (Å²) < 4.78 is 32.5. The first-order valence-corrected chi connectivity index (χ1v) is 11.3. The van der Waals surface area contributed by atoms with Crippen molar-refractivity contribution in [1.29, 1.82) is 5.26 Å². The van der Waals surface area contributed by atoms with Gasteiger partial charge < -0.3 is 10.1 Å². The van der Waals surface area contributed by atoms with Gasteiger partial charge in [0.05, 0.1) is 10.5 Å². The molecule has 0 heterocycles. The zero-order chi connectivity index (χ0) is 23.1. The first-order valence-electron chi connectivity index (χ1n) is 9.88. The maximum absolute atomic E-state index is 12.8. The molecule has 0 aliphatic carbocycles. The summed E-state index contributed by atoms with van der Waals surface area (Å²) in [5.74, 6) is -0.102. The topological polar surface area (TPSA) is 99.5 Å². The van der Waals surface area contributed by atoms with Crippen LogP contribution in [0.2, 0.25) is 0 Å². The lowest BCUT2D eigenvalue weighted by atomic mass is 10.2. The van der Waals surface area contributed by atoms with Gasteiger partial charge in [-0.3, -0.25) is 4.79 Å². The van der Waals surface area contributed by atoms with Crippen LogP contribution in [-0.2, 0) is 21.4 Å². The number of nitrogens with zero attached hydrogens (tertiary/aromatic N) is 2. The maximum Gasteiger partial charge on any atom is 0.265 e. The van der Waals surface area contributed by atoms with Crippen molar-refractivity contribution in [2.75, 3.05) is 12.4 Å². The van der Waals surface area contributed by atoms with E-state index in [4.69, 9.17) is 10.00 Å². The van der Waals surface area contributed by atoms with Gasteiger partial charge in [0, 0.05) is 19.3 Å². The molecule has 0 saturated carbocycles. The number of nitriles is 1. The predicted molar refractivity (Wildman–Crippen MR) is 121 cm³/mol. The zero-order valence-electron chi connectivity index (χ0n) is 17.7. The number of benzene rings is 3. The highest BCUT2D eigenvalue weighted by Crippen LogP contribution is 2.21. The number of hydrogen-bond donors (Lipinski definition) is 1. The van der Waals surface area contributed by atoms with Gasteiger partial charge in [0.15, 0.2) is 6.10 Å². The molecule has 8 heteroatoms. The fourth-order valence-corrected chi connectivity index (χ4v) is 4.12. The average molecular weight is 450 g/mol. The average Bonchev–Trinajstić information content (AvgIpc) is 2.80. The van der Waals surface area contributed by atoms with Crippen molar-refractivity contribution in [3.63, 3.8) is 0 Å². The van der Waals surface area contributed by atoms with Gasteiger partial charge in [-0.1, -0.05) is 42.5 Å². The summed E-state index contributed by atoms with van der Waals surface area (Å²) >= 11 is 0. The quantitative estimate of drug-likeness (QED) is 0.564. The third-order valence-electron chi connectivity index (χ3n) is 4.76. The summed E-state index contributed by atoms with van der Waals surface area (Å²) in [5.41, 5.74) is 1.65. The SMILES string of the molecule is CC(Oc1ccccc1C#N)C(=O)Nc1ccc(S(=O)(=O)N(C)Cc2ccccc2)cc1. The molecule has 1 N–H and O–H groups in total. The van der Waals surface area contributed by atoms with E-state index in [1.54, 1.807) is 31.2 Å². The van der Waals surface area contributed by atoms with Crippen LogP contribution in [-0.4, -0.2) is 31.8 Å². The molecule has 1 unspecified atom stereocenters. The number of amides is 1. The van der Waals surface area contributed by atoms with Crippen LogP contribution in [0.4, 0.5) is 5.69 Å². The molecule has 0 bridgehead atoms. The molecule has 1 amide bonds. The first kappa shape index (κ1) is 23.0. The lowest BCUT2D eigenvalue weighted by Gasteiger charge is -2.18. The number of sulfonamides is 1. The smallest absolute Gasteiger partial charge is 0.265 e. The second-order valence-corrected chi connectivity index (χ2v) is 9.17.